The molecule has 0 amide bonds. The second-order valence-corrected chi connectivity index (χ2v) is 5.44. The van der Waals surface area contributed by atoms with Crippen molar-refractivity contribution < 1.29 is 0 Å². The molecule has 0 aliphatic carbocycles. The summed E-state index contributed by atoms with van der Waals surface area (Å²) < 4.78 is 0. The van der Waals surface area contributed by atoms with Gasteiger partial charge in [-0.25, -0.2) is 4.98 Å². The van der Waals surface area contributed by atoms with Gasteiger partial charge in [0.1, 0.15) is 17.7 Å². The van der Waals surface area contributed by atoms with Gasteiger partial charge in [-0.3, -0.25) is 4.79 Å². The second-order valence-electron chi connectivity index (χ2n) is 4.65. The van der Waals surface area contributed by atoms with Gasteiger partial charge in [-0.15, -0.1) is 0 Å². The molecule has 1 heterocycles. The number of nitriles is 2. The molecular weight excluding hydrogens is 298 g/mol. The summed E-state index contributed by atoms with van der Waals surface area (Å²) in [5.41, 5.74) is 1.54. The number of anilines is 1. The molecule has 0 unspecified atom stereocenters. The average Bonchev–Trinajstić information content (AvgIpc) is 2.53. The molecule has 0 bridgehead atoms. The van der Waals surface area contributed by atoms with Crippen LogP contribution in [-0.2, 0) is 0 Å². The molecule has 2 aromatic rings. The molecule has 6 nitrogen and oxygen atoms in total. The van der Waals surface area contributed by atoms with E-state index in [0.717, 1.165) is 5.69 Å². The molecule has 0 saturated heterocycles. The predicted octanol–water partition coefficient (Wildman–Crippen LogP) is 1.97. The number of H-pyrrole nitrogens is 1. The van der Waals surface area contributed by atoms with E-state index in [1.165, 1.54) is 11.8 Å². The minimum absolute atomic E-state index is 0.0562. The molecule has 1 aromatic heterocycles. The SMILES string of the molecule is CSc1nc(-c2ccc(N(C)C)c(C#N)c2)c(C#N)c(=O)[nH]1. The molecule has 22 heavy (non-hydrogen) atoms. The zero-order valence-electron chi connectivity index (χ0n) is 12.3. The van der Waals surface area contributed by atoms with Gasteiger partial charge in [0.25, 0.3) is 5.56 Å². The topological polar surface area (TPSA) is 96.6 Å². The highest BCUT2D eigenvalue weighted by molar-refractivity contribution is 7.98. The monoisotopic (exact) mass is 311 g/mol. The third-order valence-corrected chi connectivity index (χ3v) is 3.66. The number of nitrogens with one attached hydrogen (secondary N) is 1. The van der Waals surface area contributed by atoms with Crippen LogP contribution in [0.25, 0.3) is 11.3 Å². The Hall–Kier alpha value is -2.77. The number of aromatic nitrogens is 2. The van der Waals surface area contributed by atoms with Gasteiger partial charge in [0.15, 0.2) is 5.16 Å². The minimum Gasteiger partial charge on any atom is -0.377 e. The van der Waals surface area contributed by atoms with Gasteiger partial charge in [0.05, 0.1) is 16.9 Å². The van der Waals surface area contributed by atoms with E-state index in [1.54, 1.807) is 24.5 Å². The van der Waals surface area contributed by atoms with Crippen molar-refractivity contribution in [2.45, 2.75) is 5.16 Å². The van der Waals surface area contributed by atoms with Crippen molar-refractivity contribution in [1.29, 1.82) is 10.5 Å². The van der Waals surface area contributed by atoms with Crippen LogP contribution in [0.5, 0.6) is 0 Å². The van der Waals surface area contributed by atoms with Crippen LogP contribution in [0, 0.1) is 22.7 Å². The summed E-state index contributed by atoms with van der Waals surface area (Å²) >= 11 is 1.28. The van der Waals surface area contributed by atoms with Crippen LogP contribution in [0.3, 0.4) is 0 Å². The van der Waals surface area contributed by atoms with Gasteiger partial charge in [-0.2, -0.15) is 10.5 Å². The number of thioether (sulfide) groups is 1. The Morgan fingerprint density at radius 1 is 1.27 bits per heavy atom. The number of nitrogens with zero attached hydrogens (tertiary/aromatic N) is 4. The van der Waals surface area contributed by atoms with Crippen LogP contribution in [0.1, 0.15) is 11.1 Å². The Labute approximate surface area is 132 Å². The first-order valence-corrected chi connectivity index (χ1v) is 7.54. The molecular formula is C15H13N5OS. The van der Waals surface area contributed by atoms with Crippen LogP contribution in [0.15, 0.2) is 28.2 Å². The van der Waals surface area contributed by atoms with Crippen molar-refractivity contribution >= 4 is 17.4 Å². The Balaban J connectivity index is 2.72. The zero-order valence-corrected chi connectivity index (χ0v) is 13.2. The number of rotatable bonds is 3. The molecule has 0 spiro atoms. The van der Waals surface area contributed by atoms with Crippen LogP contribution in [0.4, 0.5) is 5.69 Å². The van der Waals surface area contributed by atoms with Crippen molar-refractivity contribution in [3.8, 4) is 23.4 Å². The standard InChI is InChI=1S/C15H13N5OS/c1-20(2)12-5-4-9(6-10(12)7-16)13-11(8-17)14(21)19-15(18-13)22-3/h4-6H,1-3H3,(H,18,19,21). The Kier molecular flexibility index (Phi) is 4.50. The lowest BCUT2D eigenvalue weighted by atomic mass is 10.0. The van der Waals surface area contributed by atoms with Crippen LogP contribution in [-0.4, -0.2) is 30.3 Å². The summed E-state index contributed by atoms with van der Waals surface area (Å²) in [6.07, 6.45) is 1.78. The molecule has 1 aromatic carbocycles. The minimum atomic E-state index is -0.480. The summed E-state index contributed by atoms with van der Waals surface area (Å²) in [4.78, 5) is 20.6. The number of benzene rings is 1. The van der Waals surface area contributed by atoms with Gasteiger partial charge in [-0.05, 0) is 18.4 Å². The highest BCUT2D eigenvalue weighted by atomic mass is 32.2. The first-order valence-electron chi connectivity index (χ1n) is 6.32. The van der Waals surface area contributed by atoms with Crippen LogP contribution >= 0.6 is 11.8 Å². The summed E-state index contributed by atoms with van der Waals surface area (Å²) in [7, 11) is 3.68. The fourth-order valence-corrected chi connectivity index (χ4v) is 2.40. The van der Waals surface area contributed by atoms with Crippen LogP contribution < -0.4 is 10.5 Å². The van der Waals surface area contributed by atoms with E-state index in [-0.39, 0.29) is 11.3 Å². The molecule has 0 fully saturated rings. The molecule has 0 saturated carbocycles. The normalized spacial score (nSPS) is 9.86. The highest BCUT2D eigenvalue weighted by Gasteiger charge is 2.15. The van der Waals surface area contributed by atoms with Crippen molar-refractivity contribution in [1.82, 2.24) is 9.97 Å². The zero-order chi connectivity index (χ0) is 16.3. The molecule has 0 atom stereocenters. The van der Waals surface area contributed by atoms with Gasteiger partial charge in [-0.1, -0.05) is 17.8 Å². The summed E-state index contributed by atoms with van der Waals surface area (Å²) in [6, 6.07) is 9.17. The average molecular weight is 311 g/mol. The first kappa shape index (κ1) is 15.6. The van der Waals surface area contributed by atoms with E-state index in [4.69, 9.17) is 0 Å². The van der Waals surface area contributed by atoms with Crippen molar-refractivity contribution in [3.63, 3.8) is 0 Å². The fourth-order valence-electron chi connectivity index (χ4n) is 2.02. The predicted molar refractivity (Wildman–Crippen MR) is 85.8 cm³/mol. The van der Waals surface area contributed by atoms with E-state index in [2.05, 4.69) is 16.0 Å². The van der Waals surface area contributed by atoms with Crippen molar-refractivity contribution in [2.24, 2.45) is 0 Å². The molecule has 1 N–H and O–H groups in total. The van der Waals surface area contributed by atoms with E-state index < -0.39 is 5.56 Å². The Morgan fingerprint density at radius 2 is 2.00 bits per heavy atom. The fraction of sp³-hybridized carbons (Fsp3) is 0.200. The quantitative estimate of drug-likeness (QED) is 0.687. The van der Waals surface area contributed by atoms with E-state index in [1.807, 2.05) is 25.1 Å². The molecule has 2 rings (SSSR count). The summed E-state index contributed by atoms with van der Waals surface area (Å²) in [5.74, 6) is 0. The lowest BCUT2D eigenvalue weighted by Crippen LogP contribution is -2.15. The number of hydrogen-bond donors (Lipinski definition) is 1. The van der Waals surface area contributed by atoms with Gasteiger partial charge < -0.3 is 9.88 Å². The van der Waals surface area contributed by atoms with Crippen molar-refractivity contribution in [2.75, 3.05) is 25.3 Å². The highest BCUT2D eigenvalue weighted by Crippen LogP contribution is 2.27. The number of aromatic amines is 1. The van der Waals surface area contributed by atoms with Crippen molar-refractivity contribution in [3.05, 3.63) is 39.7 Å². The lowest BCUT2D eigenvalue weighted by Gasteiger charge is -2.15. The van der Waals surface area contributed by atoms with Gasteiger partial charge >= 0.3 is 0 Å². The maximum Gasteiger partial charge on any atom is 0.270 e. The first-order chi connectivity index (χ1) is 10.5. The largest absolute Gasteiger partial charge is 0.377 e. The maximum atomic E-state index is 11.9. The van der Waals surface area contributed by atoms with Gasteiger partial charge in [0.2, 0.25) is 0 Å². The summed E-state index contributed by atoms with van der Waals surface area (Å²) in [5, 5.41) is 18.9. The second kappa shape index (κ2) is 6.33. The third kappa shape index (κ3) is 2.80. The smallest absolute Gasteiger partial charge is 0.270 e. The third-order valence-electron chi connectivity index (χ3n) is 3.08. The van der Waals surface area contributed by atoms with Gasteiger partial charge in [0, 0.05) is 19.7 Å². The maximum absolute atomic E-state index is 11.9. The molecule has 110 valence electrons. The Morgan fingerprint density at radius 3 is 2.55 bits per heavy atom. The lowest BCUT2D eigenvalue weighted by molar-refractivity contribution is 0.937. The molecule has 0 aliphatic heterocycles. The van der Waals surface area contributed by atoms with E-state index in [9.17, 15) is 15.3 Å². The summed E-state index contributed by atoms with van der Waals surface area (Å²) in [6.45, 7) is 0. The van der Waals surface area contributed by atoms with E-state index in [0.29, 0.717) is 16.3 Å². The van der Waals surface area contributed by atoms with E-state index >= 15 is 0 Å². The Bertz CT molecular complexity index is 858. The molecule has 0 aliphatic rings. The molecule has 7 heteroatoms. The van der Waals surface area contributed by atoms with Crippen LogP contribution in [0.2, 0.25) is 0 Å². The molecule has 0 radical (unpaired) electrons. The number of hydrogen-bond acceptors (Lipinski definition) is 6.